The minimum atomic E-state index is -0.839. The van der Waals surface area contributed by atoms with Gasteiger partial charge in [-0.05, 0) is 33.9 Å². The van der Waals surface area contributed by atoms with E-state index in [0.717, 1.165) is 22.3 Å². The third-order valence-electron chi connectivity index (χ3n) is 8.45. The van der Waals surface area contributed by atoms with E-state index < -0.39 is 11.7 Å². The van der Waals surface area contributed by atoms with E-state index in [1.165, 1.54) is 5.56 Å². The van der Waals surface area contributed by atoms with E-state index in [9.17, 15) is 4.79 Å². The van der Waals surface area contributed by atoms with Crippen molar-refractivity contribution < 1.29 is 0 Å². The van der Waals surface area contributed by atoms with Crippen LogP contribution in [0.3, 0.4) is 0 Å². The molecular weight excluding hydrogens is 585 g/mol. The Bertz CT molecular complexity index is 1900. The number of fused-ring (bicyclic) bond motifs is 1. The van der Waals surface area contributed by atoms with Crippen molar-refractivity contribution in [2.45, 2.75) is 22.6 Å². The fraction of sp³-hybridized carbons (Fsp3) is 0.100. The van der Waals surface area contributed by atoms with E-state index in [0.29, 0.717) is 22.4 Å². The Kier molecular flexibility index (Phi) is 8.28. The van der Waals surface area contributed by atoms with Crippen LogP contribution < -0.4 is 15.8 Å². The summed E-state index contributed by atoms with van der Waals surface area (Å²) in [5.41, 5.74) is 5.00. The summed E-state index contributed by atoms with van der Waals surface area (Å²) in [6.45, 7) is 0. The molecule has 226 valence electrons. The lowest BCUT2D eigenvalue weighted by atomic mass is 9.75. The number of thioether (sulfide) groups is 1. The van der Waals surface area contributed by atoms with E-state index >= 15 is 0 Å². The molecular formula is C40H34N4OS. The highest BCUT2D eigenvalue weighted by Gasteiger charge is 2.50. The van der Waals surface area contributed by atoms with Gasteiger partial charge in [0.25, 0.3) is 5.56 Å². The molecule has 1 aliphatic rings. The number of aromatic nitrogens is 2. The van der Waals surface area contributed by atoms with Crippen LogP contribution in [-0.2, 0) is 18.3 Å². The smallest absolute Gasteiger partial charge is 0.279 e. The lowest BCUT2D eigenvalue weighted by molar-refractivity contribution is 0.541. The molecule has 0 spiro atoms. The molecule has 1 unspecified atom stereocenters. The van der Waals surface area contributed by atoms with E-state index in [4.69, 9.17) is 4.98 Å². The topological polar surface area (TPSA) is 50.2 Å². The average Bonchev–Trinajstić information content (AvgIpc) is 3.49. The molecule has 46 heavy (non-hydrogen) atoms. The maximum Gasteiger partial charge on any atom is 0.279 e. The third kappa shape index (κ3) is 5.41. The predicted octanol–water partition coefficient (Wildman–Crippen LogP) is 8.34. The first-order valence-corrected chi connectivity index (χ1v) is 16.4. The van der Waals surface area contributed by atoms with Gasteiger partial charge in [0.2, 0.25) is 0 Å². The molecule has 1 atom stereocenters. The van der Waals surface area contributed by atoms with Crippen LogP contribution in [0, 0.1) is 0 Å². The first-order valence-electron chi connectivity index (χ1n) is 15.4. The van der Waals surface area contributed by atoms with Gasteiger partial charge in [0.15, 0.2) is 11.0 Å². The largest absolute Gasteiger partial charge is 0.354 e. The first kappa shape index (κ1) is 29.4. The van der Waals surface area contributed by atoms with Crippen LogP contribution in [0.2, 0.25) is 0 Å². The van der Waals surface area contributed by atoms with Crippen molar-refractivity contribution in [3.05, 3.63) is 196 Å². The molecule has 1 aliphatic heterocycles. The van der Waals surface area contributed by atoms with Crippen LogP contribution in [-0.4, -0.2) is 15.7 Å². The number of nitrogens with one attached hydrogen (secondary N) is 1. The lowest BCUT2D eigenvalue weighted by Crippen LogP contribution is -2.53. The van der Waals surface area contributed by atoms with Gasteiger partial charge in [-0.1, -0.05) is 169 Å². The predicted molar refractivity (Wildman–Crippen MR) is 190 cm³/mol. The first-order chi connectivity index (χ1) is 22.7. The summed E-state index contributed by atoms with van der Waals surface area (Å²) in [5.74, 6) is 1.32. The van der Waals surface area contributed by atoms with Crippen molar-refractivity contribution in [2.24, 2.45) is 7.05 Å². The fourth-order valence-corrected chi connectivity index (χ4v) is 7.21. The molecule has 7 rings (SSSR count). The van der Waals surface area contributed by atoms with Crippen LogP contribution in [0.1, 0.15) is 27.8 Å². The molecule has 5 nitrogen and oxygen atoms in total. The number of benzene rings is 5. The van der Waals surface area contributed by atoms with E-state index in [2.05, 4.69) is 119 Å². The molecule has 0 bridgehead atoms. The molecule has 2 heterocycles. The maximum atomic E-state index is 14.2. The number of rotatable bonds is 9. The van der Waals surface area contributed by atoms with Crippen molar-refractivity contribution in [3.8, 4) is 0 Å². The molecule has 5 aromatic carbocycles. The van der Waals surface area contributed by atoms with Crippen LogP contribution in [0.15, 0.2) is 168 Å². The highest BCUT2D eigenvalue weighted by molar-refractivity contribution is 7.98. The SMILES string of the molecule is Cn1c(SCc2ccccc2)nc2c(c1=O)NC(C=Cc1ccccc1)N2C(c1ccccc1)(c1ccccc1)c1ccccc1. The second-order valence-electron chi connectivity index (χ2n) is 11.3. The molecule has 6 heteroatoms. The third-order valence-corrected chi connectivity index (χ3v) is 9.55. The molecule has 0 saturated heterocycles. The second kappa shape index (κ2) is 13.0. The standard InChI is InChI=1S/C40H34N4OS/c1-43-38(45)36-37(42-39(43)46-29-31-19-9-3-10-20-31)44(35(41-36)28-27-30-17-7-2-8-18-30)40(32-21-11-4-12-22-32,33-23-13-5-14-24-33)34-25-15-6-16-26-34/h2-28,35,41H,29H2,1H3. The van der Waals surface area contributed by atoms with Crippen molar-refractivity contribution in [1.29, 1.82) is 0 Å². The minimum Gasteiger partial charge on any atom is -0.354 e. The van der Waals surface area contributed by atoms with Crippen LogP contribution in [0.4, 0.5) is 11.5 Å². The minimum absolute atomic E-state index is 0.107. The summed E-state index contributed by atoms with van der Waals surface area (Å²) in [6, 6.07) is 52.1. The molecule has 0 radical (unpaired) electrons. The normalized spacial score (nSPS) is 14.3. The van der Waals surface area contributed by atoms with E-state index in [1.54, 1.807) is 23.4 Å². The molecule has 6 aromatic rings. The Morgan fingerprint density at radius 1 is 0.717 bits per heavy atom. The summed E-state index contributed by atoms with van der Waals surface area (Å²) in [6.07, 6.45) is 3.85. The molecule has 0 aliphatic carbocycles. The Morgan fingerprint density at radius 2 is 1.20 bits per heavy atom. The molecule has 1 N–H and O–H groups in total. The van der Waals surface area contributed by atoms with Crippen molar-refractivity contribution in [1.82, 2.24) is 9.55 Å². The Balaban J connectivity index is 1.49. The molecule has 0 fully saturated rings. The van der Waals surface area contributed by atoms with Gasteiger partial charge in [-0.25, -0.2) is 4.98 Å². The molecule has 0 amide bonds. The maximum absolute atomic E-state index is 14.2. The van der Waals surface area contributed by atoms with Crippen molar-refractivity contribution >= 4 is 29.3 Å². The molecule has 0 saturated carbocycles. The number of hydrogen-bond acceptors (Lipinski definition) is 5. The van der Waals surface area contributed by atoms with Gasteiger partial charge in [-0.15, -0.1) is 0 Å². The van der Waals surface area contributed by atoms with Gasteiger partial charge in [0.05, 0.1) is 0 Å². The van der Waals surface area contributed by atoms with E-state index in [1.807, 2.05) is 54.6 Å². The highest BCUT2D eigenvalue weighted by atomic mass is 32.2. The summed E-state index contributed by atoms with van der Waals surface area (Å²) in [7, 11) is 1.81. The van der Waals surface area contributed by atoms with Gasteiger partial charge in [-0.2, -0.15) is 0 Å². The quantitative estimate of drug-likeness (QED) is 0.100. The summed E-state index contributed by atoms with van der Waals surface area (Å²) in [4.78, 5) is 21.8. The number of nitrogens with zero attached hydrogens (tertiary/aromatic N) is 3. The zero-order valence-electron chi connectivity index (χ0n) is 25.5. The van der Waals surface area contributed by atoms with Crippen LogP contribution in [0.25, 0.3) is 6.08 Å². The Hall–Kier alpha value is -5.33. The molecule has 1 aromatic heterocycles. The zero-order valence-corrected chi connectivity index (χ0v) is 26.3. The van der Waals surface area contributed by atoms with Gasteiger partial charge >= 0.3 is 0 Å². The van der Waals surface area contributed by atoms with E-state index in [-0.39, 0.29) is 5.56 Å². The summed E-state index contributed by atoms with van der Waals surface area (Å²) < 4.78 is 1.66. The second-order valence-corrected chi connectivity index (χ2v) is 12.2. The highest BCUT2D eigenvalue weighted by Crippen LogP contribution is 2.49. The van der Waals surface area contributed by atoms with Gasteiger partial charge in [-0.3, -0.25) is 9.36 Å². The number of anilines is 2. The summed E-state index contributed by atoms with van der Waals surface area (Å²) in [5, 5.41) is 4.28. The lowest BCUT2D eigenvalue weighted by Gasteiger charge is -2.46. The van der Waals surface area contributed by atoms with Crippen molar-refractivity contribution in [3.63, 3.8) is 0 Å². The average molecular weight is 619 g/mol. The van der Waals surface area contributed by atoms with Gasteiger partial charge in [0.1, 0.15) is 17.4 Å². The van der Waals surface area contributed by atoms with Crippen LogP contribution >= 0.6 is 11.8 Å². The summed E-state index contributed by atoms with van der Waals surface area (Å²) >= 11 is 1.57. The Labute approximate surface area is 273 Å². The van der Waals surface area contributed by atoms with Gasteiger partial charge < -0.3 is 10.2 Å². The zero-order chi connectivity index (χ0) is 31.3. The van der Waals surface area contributed by atoms with Crippen molar-refractivity contribution in [2.75, 3.05) is 10.2 Å². The number of hydrogen-bond donors (Lipinski definition) is 1. The Morgan fingerprint density at radius 3 is 1.72 bits per heavy atom. The van der Waals surface area contributed by atoms with Crippen LogP contribution in [0.5, 0.6) is 0 Å². The monoisotopic (exact) mass is 618 g/mol. The van der Waals surface area contributed by atoms with Gasteiger partial charge in [0, 0.05) is 12.8 Å². The fourth-order valence-electron chi connectivity index (χ4n) is 6.29.